The molecule has 2 aromatic rings. The first-order valence-corrected chi connectivity index (χ1v) is 8.08. The van der Waals surface area contributed by atoms with Crippen LogP contribution in [0.1, 0.15) is 17.7 Å². The van der Waals surface area contributed by atoms with Crippen LogP contribution in [0.3, 0.4) is 0 Å². The van der Waals surface area contributed by atoms with Gasteiger partial charge in [0.15, 0.2) is 0 Å². The summed E-state index contributed by atoms with van der Waals surface area (Å²) in [4.78, 5) is 37.5. The standard InChI is InChI=1S/C18H19N3O4/c22-16(19-12-14-7-4-10-25-14)11-15-17(23)21(18(24)20-15)9-8-13-5-2-1-3-6-13/h1-7,10,15H,8-9,11-12H2,(H,19,22)(H,20,24)/t15-/m1/s1. The van der Waals surface area contributed by atoms with Gasteiger partial charge in [0.25, 0.3) is 5.91 Å². The summed E-state index contributed by atoms with van der Waals surface area (Å²) < 4.78 is 5.12. The molecule has 1 aliphatic rings. The lowest BCUT2D eigenvalue weighted by Gasteiger charge is -2.13. The fourth-order valence-corrected chi connectivity index (χ4v) is 2.67. The van der Waals surface area contributed by atoms with Crippen molar-refractivity contribution in [2.24, 2.45) is 0 Å². The highest BCUT2D eigenvalue weighted by Gasteiger charge is 2.38. The summed E-state index contributed by atoms with van der Waals surface area (Å²) >= 11 is 0. The fraction of sp³-hybridized carbons (Fsp3) is 0.278. The smallest absolute Gasteiger partial charge is 0.324 e. The summed E-state index contributed by atoms with van der Waals surface area (Å²) in [6, 6.07) is 11.8. The number of carbonyl (C=O) groups excluding carboxylic acids is 3. The molecular weight excluding hydrogens is 322 g/mol. The van der Waals surface area contributed by atoms with Crippen molar-refractivity contribution in [2.75, 3.05) is 6.54 Å². The van der Waals surface area contributed by atoms with E-state index in [9.17, 15) is 14.4 Å². The molecule has 1 fully saturated rings. The van der Waals surface area contributed by atoms with Gasteiger partial charge in [-0.25, -0.2) is 4.79 Å². The molecule has 3 rings (SSSR count). The van der Waals surface area contributed by atoms with E-state index in [0.29, 0.717) is 18.7 Å². The summed E-state index contributed by atoms with van der Waals surface area (Å²) in [7, 11) is 0. The van der Waals surface area contributed by atoms with E-state index in [0.717, 1.165) is 10.5 Å². The molecule has 2 heterocycles. The minimum atomic E-state index is -0.820. The van der Waals surface area contributed by atoms with Gasteiger partial charge < -0.3 is 15.1 Å². The number of nitrogens with one attached hydrogen (secondary N) is 2. The second-order valence-electron chi connectivity index (χ2n) is 5.79. The van der Waals surface area contributed by atoms with Crippen LogP contribution in [0.15, 0.2) is 53.1 Å². The lowest BCUT2D eigenvalue weighted by atomic mass is 10.1. The maximum atomic E-state index is 12.3. The average molecular weight is 341 g/mol. The van der Waals surface area contributed by atoms with Crippen molar-refractivity contribution in [3.63, 3.8) is 0 Å². The van der Waals surface area contributed by atoms with Crippen LogP contribution in [-0.2, 0) is 22.6 Å². The molecule has 0 aliphatic carbocycles. The first kappa shape index (κ1) is 16.8. The van der Waals surface area contributed by atoms with Crippen LogP contribution < -0.4 is 10.6 Å². The Hall–Kier alpha value is -3.09. The molecule has 0 bridgehead atoms. The van der Waals surface area contributed by atoms with Gasteiger partial charge in [0.1, 0.15) is 11.8 Å². The highest BCUT2D eigenvalue weighted by Crippen LogP contribution is 2.11. The second kappa shape index (κ2) is 7.65. The Kier molecular flexibility index (Phi) is 5.13. The zero-order valence-electron chi connectivity index (χ0n) is 13.6. The minimum absolute atomic E-state index is 0.0902. The van der Waals surface area contributed by atoms with Gasteiger partial charge in [-0.2, -0.15) is 0 Å². The van der Waals surface area contributed by atoms with Crippen molar-refractivity contribution in [3.8, 4) is 0 Å². The van der Waals surface area contributed by atoms with Gasteiger partial charge in [0.05, 0.1) is 19.2 Å². The molecule has 1 aromatic carbocycles. The monoisotopic (exact) mass is 341 g/mol. The Labute approximate surface area is 145 Å². The van der Waals surface area contributed by atoms with Crippen LogP contribution in [-0.4, -0.2) is 35.3 Å². The number of rotatable bonds is 7. The molecule has 1 aromatic heterocycles. The lowest BCUT2D eigenvalue weighted by Crippen LogP contribution is -2.36. The molecule has 130 valence electrons. The molecule has 0 saturated carbocycles. The maximum absolute atomic E-state index is 12.3. The van der Waals surface area contributed by atoms with Gasteiger partial charge >= 0.3 is 6.03 Å². The number of imide groups is 1. The highest BCUT2D eigenvalue weighted by molar-refractivity contribution is 6.05. The van der Waals surface area contributed by atoms with Crippen molar-refractivity contribution >= 4 is 17.8 Å². The molecule has 4 amide bonds. The number of benzene rings is 1. The predicted molar refractivity (Wildman–Crippen MR) is 89.4 cm³/mol. The number of amides is 4. The Morgan fingerprint density at radius 3 is 2.68 bits per heavy atom. The number of hydrogen-bond acceptors (Lipinski definition) is 4. The topological polar surface area (TPSA) is 91.7 Å². The quantitative estimate of drug-likeness (QED) is 0.746. The van der Waals surface area contributed by atoms with E-state index in [2.05, 4.69) is 10.6 Å². The molecule has 1 saturated heterocycles. The van der Waals surface area contributed by atoms with Crippen molar-refractivity contribution in [3.05, 3.63) is 60.1 Å². The van der Waals surface area contributed by atoms with Gasteiger partial charge in [-0.15, -0.1) is 0 Å². The Morgan fingerprint density at radius 2 is 1.96 bits per heavy atom. The first-order valence-electron chi connectivity index (χ1n) is 8.08. The molecule has 0 unspecified atom stereocenters. The molecule has 0 spiro atoms. The number of nitrogens with zero attached hydrogens (tertiary/aromatic N) is 1. The Bertz CT molecular complexity index is 743. The third kappa shape index (κ3) is 4.26. The Morgan fingerprint density at radius 1 is 1.16 bits per heavy atom. The number of urea groups is 1. The molecular formula is C18H19N3O4. The number of carbonyl (C=O) groups is 3. The van der Waals surface area contributed by atoms with E-state index in [-0.39, 0.29) is 24.8 Å². The van der Waals surface area contributed by atoms with Crippen LogP contribution in [0.5, 0.6) is 0 Å². The normalized spacial score (nSPS) is 16.8. The van der Waals surface area contributed by atoms with Crippen LogP contribution in [0.25, 0.3) is 0 Å². The van der Waals surface area contributed by atoms with Crippen LogP contribution in [0, 0.1) is 0 Å². The lowest BCUT2D eigenvalue weighted by molar-refractivity contribution is -0.130. The van der Waals surface area contributed by atoms with Gasteiger partial charge in [0.2, 0.25) is 5.91 Å². The van der Waals surface area contributed by atoms with Crippen LogP contribution in [0.2, 0.25) is 0 Å². The summed E-state index contributed by atoms with van der Waals surface area (Å²) in [5.74, 6) is -0.0614. The Balaban J connectivity index is 1.49. The predicted octanol–water partition coefficient (Wildman–Crippen LogP) is 1.45. The average Bonchev–Trinajstić information content (AvgIpc) is 3.22. The molecule has 2 N–H and O–H groups in total. The summed E-state index contributed by atoms with van der Waals surface area (Å²) in [5.41, 5.74) is 1.04. The zero-order valence-corrected chi connectivity index (χ0v) is 13.6. The maximum Gasteiger partial charge on any atom is 0.324 e. The van der Waals surface area contributed by atoms with E-state index in [1.807, 2.05) is 30.3 Å². The minimum Gasteiger partial charge on any atom is -0.467 e. The van der Waals surface area contributed by atoms with E-state index in [4.69, 9.17) is 4.42 Å². The molecule has 7 heteroatoms. The highest BCUT2D eigenvalue weighted by atomic mass is 16.3. The van der Waals surface area contributed by atoms with E-state index in [1.165, 1.54) is 6.26 Å². The van der Waals surface area contributed by atoms with Gasteiger partial charge in [0, 0.05) is 6.54 Å². The summed E-state index contributed by atoms with van der Waals surface area (Å²) in [6.45, 7) is 0.539. The number of furan rings is 1. The fourth-order valence-electron chi connectivity index (χ4n) is 2.67. The largest absolute Gasteiger partial charge is 0.467 e. The van der Waals surface area contributed by atoms with Crippen molar-refractivity contribution < 1.29 is 18.8 Å². The van der Waals surface area contributed by atoms with Gasteiger partial charge in [-0.3, -0.25) is 14.5 Å². The SMILES string of the molecule is O=C(C[C@H]1NC(=O)N(CCc2ccccc2)C1=O)NCc1ccco1. The molecule has 1 atom stereocenters. The summed E-state index contributed by atoms with van der Waals surface area (Å²) in [5, 5.41) is 5.23. The molecule has 0 radical (unpaired) electrons. The molecule has 1 aliphatic heterocycles. The van der Waals surface area contributed by atoms with Crippen molar-refractivity contribution in [1.82, 2.24) is 15.5 Å². The van der Waals surface area contributed by atoms with Crippen molar-refractivity contribution in [2.45, 2.75) is 25.4 Å². The van der Waals surface area contributed by atoms with Crippen LogP contribution in [0.4, 0.5) is 4.79 Å². The van der Waals surface area contributed by atoms with E-state index in [1.54, 1.807) is 12.1 Å². The number of hydrogen-bond donors (Lipinski definition) is 2. The molecule has 7 nitrogen and oxygen atoms in total. The van der Waals surface area contributed by atoms with Crippen LogP contribution >= 0.6 is 0 Å². The first-order chi connectivity index (χ1) is 12.1. The molecule has 25 heavy (non-hydrogen) atoms. The van der Waals surface area contributed by atoms with Gasteiger partial charge in [-0.1, -0.05) is 30.3 Å². The third-order valence-corrected chi connectivity index (χ3v) is 4.00. The zero-order chi connectivity index (χ0) is 17.6. The van der Waals surface area contributed by atoms with Gasteiger partial charge in [-0.05, 0) is 24.1 Å². The summed E-state index contributed by atoms with van der Waals surface area (Å²) in [6.07, 6.45) is 2.01. The van der Waals surface area contributed by atoms with Crippen molar-refractivity contribution in [1.29, 1.82) is 0 Å². The third-order valence-electron chi connectivity index (χ3n) is 4.00. The van der Waals surface area contributed by atoms with E-state index >= 15 is 0 Å². The van der Waals surface area contributed by atoms with E-state index < -0.39 is 12.1 Å². The second-order valence-corrected chi connectivity index (χ2v) is 5.79.